The molecule has 0 atom stereocenters. The van der Waals surface area contributed by atoms with Crippen molar-refractivity contribution >= 4 is 15.6 Å². The lowest BCUT2D eigenvalue weighted by atomic mass is 10.0. The van der Waals surface area contributed by atoms with Crippen LogP contribution in [0.3, 0.4) is 0 Å². The summed E-state index contributed by atoms with van der Waals surface area (Å²) in [5.74, 6) is 7.24. The average Bonchev–Trinajstić information content (AvgIpc) is 2.73. The second kappa shape index (κ2) is 11.5. The van der Waals surface area contributed by atoms with Crippen molar-refractivity contribution in [1.29, 1.82) is 0 Å². The number of nitrogens with one attached hydrogen (secondary N) is 1. The summed E-state index contributed by atoms with van der Waals surface area (Å²) in [7, 11) is -1.87. The number of rotatable bonds is 9. The molecule has 4 nitrogen and oxygen atoms in total. The van der Waals surface area contributed by atoms with Gasteiger partial charge in [-0.05, 0) is 49.6 Å². The molecule has 0 aromatic heterocycles. The maximum atomic E-state index is 12.4. The number of ether oxygens (including phenoxy) is 1. The first-order valence-corrected chi connectivity index (χ1v) is 11.3. The lowest BCUT2D eigenvalue weighted by Gasteiger charge is -2.07. The average molecular weight is 412 g/mol. The molecular weight excluding hydrogens is 382 g/mol. The van der Waals surface area contributed by atoms with Crippen molar-refractivity contribution in [3.05, 3.63) is 65.7 Å². The van der Waals surface area contributed by atoms with Gasteiger partial charge in [0.05, 0.1) is 12.0 Å². The van der Waals surface area contributed by atoms with E-state index in [9.17, 15) is 8.42 Å². The summed E-state index contributed by atoms with van der Waals surface area (Å²) in [6.07, 6.45) is 5.56. The SMILES string of the molecule is CCCCC#C/C(=C\CCNS(=O)(=O)c1ccc(C)cc1)c1ccc(OC)cc1. The summed E-state index contributed by atoms with van der Waals surface area (Å²) in [4.78, 5) is 0.279. The Labute approximate surface area is 175 Å². The molecule has 0 saturated heterocycles. The molecule has 0 amide bonds. The van der Waals surface area contributed by atoms with Crippen LogP contribution in [-0.2, 0) is 10.0 Å². The van der Waals surface area contributed by atoms with E-state index in [0.29, 0.717) is 13.0 Å². The third-order valence-corrected chi connectivity index (χ3v) is 5.87. The van der Waals surface area contributed by atoms with E-state index in [1.165, 1.54) is 0 Å². The molecule has 0 unspecified atom stereocenters. The topological polar surface area (TPSA) is 55.4 Å². The highest BCUT2D eigenvalue weighted by molar-refractivity contribution is 7.89. The van der Waals surface area contributed by atoms with Gasteiger partial charge in [-0.3, -0.25) is 0 Å². The van der Waals surface area contributed by atoms with E-state index in [1.54, 1.807) is 31.4 Å². The standard InChI is InChI=1S/C24H29NO3S/c1-4-5-6-7-9-21(22-13-15-23(28-3)16-14-22)10-8-19-25-29(26,27)24-17-11-20(2)12-18-24/h10-18,25H,4-6,8,19H2,1-3H3/b21-10+. The highest BCUT2D eigenvalue weighted by atomic mass is 32.2. The van der Waals surface area contributed by atoms with E-state index in [1.807, 2.05) is 37.3 Å². The van der Waals surface area contributed by atoms with E-state index in [0.717, 1.165) is 41.7 Å². The lowest BCUT2D eigenvalue weighted by molar-refractivity contribution is 0.415. The van der Waals surface area contributed by atoms with Crippen LogP contribution in [0.1, 0.15) is 43.7 Å². The van der Waals surface area contributed by atoms with Crippen molar-refractivity contribution < 1.29 is 13.2 Å². The van der Waals surface area contributed by atoms with Crippen molar-refractivity contribution in [1.82, 2.24) is 4.72 Å². The van der Waals surface area contributed by atoms with Gasteiger partial charge in [0.1, 0.15) is 5.75 Å². The van der Waals surface area contributed by atoms with Crippen molar-refractivity contribution in [3.63, 3.8) is 0 Å². The molecule has 0 aliphatic heterocycles. The Balaban J connectivity index is 2.07. The summed E-state index contributed by atoms with van der Waals surface area (Å²) in [5, 5.41) is 0. The van der Waals surface area contributed by atoms with Crippen molar-refractivity contribution in [2.75, 3.05) is 13.7 Å². The molecule has 2 aromatic rings. The highest BCUT2D eigenvalue weighted by Crippen LogP contribution is 2.19. The fourth-order valence-corrected chi connectivity index (χ4v) is 3.69. The van der Waals surface area contributed by atoms with E-state index in [-0.39, 0.29) is 4.90 Å². The van der Waals surface area contributed by atoms with Gasteiger partial charge in [-0.15, -0.1) is 0 Å². The number of hydrogen-bond acceptors (Lipinski definition) is 3. The van der Waals surface area contributed by atoms with Crippen LogP contribution < -0.4 is 9.46 Å². The van der Waals surface area contributed by atoms with Crippen LogP contribution in [-0.4, -0.2) is 22.1 Å². The second-order valence-corrected chi connectivity index (χ2v) is 8.52. The van der Waals surface area contributed by atoms with Crippen molar-refractivity contribution in [2.45, 2.75) is 44.4 Å². The number of unbranched alkanes of at least 4 members (excludes halogenated alkanes) is 2. The zero-order chi connectivity index (χ0) is 21.1. The van der Waals surface area contributed by atoms with Gasteiger partial charge in [-0.2, -0.15) is 0 Å². The summed E-state index contributed by atoms with van der Waals surface area (Å²) in [6, 6.07) is 14.6. The Bertz CT molecular complexity index is 964. The van der Waals surface area contributed by atoms with Gasteiger partial charge in [-0.1, -0.05) is 61.1 Å². The molecular formula is C24H29NO3S. The Morgan fingerprint density at radius 1 is 1.10 bits per heavy atom. The van der Waals surface area contributed by atoms with Gasteiger partial charge in [0.25, 0.3) is 0 Å². The highest BCUT2D eigenvalue weighted by Gasteiger charge is 2.12. The minimum Gasteiger partial charge on any atom is -0.497 e. The number of allylic oxidation sites excluding steroid dienone is 1. The van der Waals surface area contributed by atoms with Crippen LogP contribution in [0.15, 0.2) is 59.5 Å². The quantitative estimate of drug-likeness (QED) is 0.469. The van der Waals surface area contributed by atoms with Crippen molar-refractivity contribution in [3.8, 4) is 17.6 Å². The molecule has 1 N–H and O–H groups in total. The second-order valence-electron chi connectivity index (χ2n) is 6.75. The zero-order valence-corrected chi connectivity index (χ0v) is 18.2. The molecule has 154 valence electrons. The zero-order valence-electron chi connectivity index (χ0n) is 17.4. The van der Waals surface area contributed by atoms with Gasteiger partial charge < -0.3 is 4.74 Å². The molecule has 0 fully saturated rings. The molecule has 0 heterocycles. The van der Waals surface area contributed by atoms with Crippen LogP contribution >= 0.6 is 0 Å². The number of methoxy groups -OCH3 is 1. The molecule has 0 aliphatic carbocycles. The van der Waals surface area contributed by atoms with E-state index in [2.05, 4.69) is 23.5 Å². The molecule has 2 rings (SSSR count). The molecule has 0 radical (unpaired) electrons. The monoisotopic (exact) mass is 411 g/mol. The molecule has 0 bridgehead atoms. The first-order chi connectivity index (χ1) is 14.0. The first-order valence-electron chi connectivity index (χ1n) is 9.86. The fraction of sp³-hybridized carbons (Fsp3) is 0.333. The summed E-state index contributed by atoms with van der Waals surface area (Å²) < 4.78 is 32.7. The van der Waals surface area contributed by atoms with Crippen LogP contribution in [0.5, 0.6) is 5.75 Å². The van der Waals surface area contributed by atoms with Gasteiger partial charge in [0.15, 0.2) is 0 Å². The number of benzene rings is 2. The molecule has 0 spiro atoms. The normalized spacial score (nSPS) is 11.6. The Hall–Kier alpha value is -2.55. The van der Waals surface area contributed by atoms with Gasteiger partial charge in [-0.25, -0.2) is 13.1 Å². The predicted molar refractivity (Wildman–Crippen MR) is 119 cm³/mol. The van der Waals surface area contributed by atoms with E-state index < -0.39 is 10.0 Å². The van der Waals surface area contributed by atoms with Gasteiger partial charge in [0, 0.05) is 18.5 Å². The van der Waals surface area contributed by atoms with Crippen LogP contribution in [0, 0.1) is 18.8 Å². The maximum Gasteiger partial charge on any atom is 0.240 e. The van der Waals surface area contributed by atoms with Crippen LogP contribution in [0.25, 0.3) is 5.57 Å². The molecule has 0 aliphatic rings. The third-order valence-electron chi connectivity index (χ3n) is 4.40. The maximum absolute atomic E-state index is 12.4. The first kappa shape index (κ1) is 22.7. The molecule has 0 saturated carbocycles. The summed E-state index contributed by atoms with van der Waals surface area (Å²) in [6.45, 7) is 4.38. The number of hydrogen-bond donors (Lipinski definition) is 1. The van der Waals surface area contributed by atoms with Gasteiger partial charge >= 0.3 is 0 Å². The van der Waals surface area contributed by atoms with E-state index in [4.69, 9.17) is 4.74 Å². The Morgan fingerprint density at radius 2 is 1.79 bits per heavy atom. The molecule has 5 heteroatoms. The van der Waals surface area contributed by atoms with Crippen LogP contribution in [0.4, 0.5) is 0 Å². The Morgan fingerprint density at radius 3 is 2.41 bits per heavy atom. The summed E-state index contributed by atoms with van der Waals surface area (Å²) in [5.41, 5.74) is 2.92. The number of sulfonamides is 1. The lowest BCUT2D eigenvalue weighted by Crippen LogP contribution is -2.24. The summed E-state index contributed by atoms with van der Waals surface area (Å²) >= 11 is 0. The minimum atomic E-state index is -3.50. The largest absolute Gasteiger partial charge is 0.497 e. The van der Waals surface area contributed by atoms with Crippen molar-refractivity contribution in [2.24, 2.45) is 0 Å². The predicted octanol–water partition coefficient (Wildman–Crippen LogP) is 4.95. The third kappa shape index (κ3) is 7.41. The molecule has 2 aromatic carbocycles. The minimum absolute atomic E-state index is 0.279. The van der Waals surface area contributed by atoms with Gasteiger partial charge in [0.2, 0.25) is 10.0 Å². The number of aryl methyl sites for hydroxylation is 1. The molecule has 29 heavy (non-hydrogen) atoms. The van der Waals surface area contributed by atoms with Crippen LogP contribution in [0.2, 0.25) is 0 Å². The fourth-order valence-electron chi connectivity index (χ4n) is 2.65. The smallest absolute Gasteiger partial charge is 0.240 e. The Kier molecular flexibility index (Phi) is 8.98. The van der Waals surface area contributed by atoms with E-state index >= 15 is 0 Å².